The van der Waals surface area contributed by atoms with E-state index < -0.39 is 0 Å². The Balaban J connectivity index is 1.73. The largest absolute Gasteiger partial charge is 0.303 e. The monoisotopic (exact) mass is 263 g/mol. The number of benzene rings is 1. The third-order valence-corrected chi connectivity index (χ3v) is 4.02. The standard InChI is InChI=1S/C13H14FN3S/c1-9-15-16-13(17(9)12-5-6-12)18-8-10-3-2-4-11(14)7-10/h2-4,7,12H,5-6,8H2,1H3. The molecular formula is C13H14FN3S. The number of aromatic nitrogens is 3. The molecule has 94 valence electrons. The maximum Gasteiger partial charge on any atom is 0.191 e. The van der Waals surface area contributed by atoms with E-state index in [1.54, 1.807) is 23.9 Å². The van der Waals surface area contributed by atoms with Gasteiger partial charge in [0.25, 0.3) is 0 Å². The van der Waals surface area contributed by atoms with Gasteiger partial charge in [-0.2, -0.15) is 0 Å². The Kier molecular flexibility index (Phi) is 3.07. The summed E-state index contributed by atoms with van der Waals surface area (Å²) in [5, 5.41) is 9.27. The van der Waals surface area contributed by atoms with Gasteiger partial charge in [-0.1, -0.05) is 23.9 Å². The molecule has 1 fully saturated rings. The Morgan fingerprint density at radius 1 is 1.39 bits per heavy atom. The van der Waals surface area contributed by atoms with Crippen LogP contribution in [0.5, 0.6) is 0 Å². The highest BCUT2D eigenvalue weighted by Gasteiger charge is 2.28. The minimum Gasteiger partial charge on any atom is -0.303 e. The maximum absolute atomic E-state index is 13.1. The predicted molar refractivity (Wildman–Crippen MR) is 69.0 cm³/mol. The van der Waals surface area contributed by atoms with E-state index in [1.165, 1.54) is 18.9 Å². The van der Waals surface area contributed by atoms with E-state index >= 15 is 0 Å². The van der Waals surface area contributed by atoms with Gasteiger partial charge in [0.2, 0.25) is 0 Å². The van der Waals surface area contributed by atoms with Crippen LogP contribution in [0.4, 0.5) is 4.39 Å². The zero-order valence-electron chi connectivity index (χ0n) is 10.1. The van der Waals surface area contributed by atoms with Gasteiger partial charge in [-0.15, -0.1) is 10.2 Å². The van der Waals surface area contributed by atoms with E-state index in [9.17, 15) is 4.39 Å². The van der Waals surface area contributed by atoms with Gasteiger partial charge in [-0.05, 0) is 37.5 Å². The van der Waals surface area contributed by atoms with Crippen LogP contribution in [0.25, 0.3) is 0 Å². The Bertz CT molecular complexity index is 563. The Labute approximate surface area is 109 Å². The molecule has 0 radical (unpaired) electrons. The lowest BCUT2D eigenvalue weighted by Crippen LogP contribution is -1.99. The number of thioether (sulfide) groups is 1. The third kappa shape index (κ3) is 2.41. The van der Waals surface area contributed by atoms with Gasteiger partial charge in [0, 0.05) is 11.8 Å². The number of aryl methyl sites for hydroxylation is 1. The average Bonchev–Trinajstić information content (AvgIpc) is 3.11. The van der Waals surface area contributed by atoms with Gasteiger partial charge in [0.1, 0.15) is 11.6 Å². The third-order valence-electron chi connectivity index (χ3n) is 3.00. The van der Waals surface area contributed by atoms with Crippen LogP contribution >= 0.6 is 11.8 Å². The van der Waals surface area contributed by atoms with Crippen LogP contribution in [0, 0.1) is 12.7 Å². The first-order valence-corrected chi connectivity index (χ1v) is 7.01. The first-order chi connectivity index (χ1) is 8.74. The maximum atomic E-state index is 13.1. The molecule has 1 heterocycles. The lowest BCUT2D eigenvalue weighted by atomic mass is 10.2. The van der Waals surface area contributed by atoms with Crippen molar-refractivity contribution in [2.24, 2.45) is 0 Å². The fraction of sp³-hybridized carbons (Fsp3) is 0.385. The van der Waals surface area contributed by atoms with Crippen molar-refractivity contribution < 1.29 is 4.39 Å². The molecule has 2 aromatic rings. The molecule has 0 aliphatic heterocycles. The SMILES string of the molecule is Cc1nnc(SCc2cccc(F)c2)n1C1CC1. The van der Waals surface area contributed by atoms with E-state index in [0.717, 1.165) is 22.3 Å². The normalized spacial score (nSPS) is 15.0. The van der Waals surface area contributed by atoms with Gasteiger partial charge < -0.3 is 4.57 Å². The van der Waals surface area contributed by atoms with Crippen LogP contribution in [-0.4, -0.2) is 14.8 Å². The molecule has 1 aromatic heterocycles. The summed E-state index contributed by atoms with van der Waals surface area (Å²) in [7, 11) is 0. The highest BCUT2D eigenvalue weighted by molar-refractivity contribution is 7.98. The smallest absolute Gasteiger partial charge is 0.191 e. The van der Waals surface area contributed by atoms with Crippen LogP contribution in [0.1, 0.15) is 30.3 Å². The molecule has 0 amide bonds. The summed E-state index contributed by atoms with van der Waals surface area (Å²) >= 11 is 1.62. The molecule has 5 heteroatoms. The van der Waals surface area contributed by atoms with Gasteiger partial charge in [-0.25, -0.2) is 4.39 Å². The summed E-state index contributed by atoms with van der Waals surface area (Å²) in [5.74, 6) is 1.51. The predicted octanol–water partition coefficient (Wildman–Crippen LogP) is 3.35. The molecule has 3 rings (SSSR count). The summed E-state index contributed by atoms with van der Waals surface area (Å²) in [6.45, 7) is 1.98. The highest BCUT2D eigenvalue weighted by atomic mass is 32.2. The quantitative estimate of drug-likeness (QED) is 0.792. The van der Waals surface area contributed by atoms with Gasteiger partial charge in [0.05, 0.1) is 0 Å². The topological polar surface area (TPSA) is 30.7 Å². The second kappa shape index (κ2) is 4.72. The Morgan fingerprint density at radius 2 is 2.22 bits per heavy atom. The fourth-order valence-corrected chi connectivity index (χ4v) is 2.97. The van der Waals surface area contributed by atoms with E-state index in [-0.39, 0.29) is 5.82 Å². The zero-order chi connectivity index (χ0) is 12.5. The summed E-state index contributed by atoms with van der Waals surface area (Å²) in [5.41, 5.74) is 0.975. The van der Waals surface area contributed by atoms with Crippen LogP contribution in [0.15, 0.2) is 29.4 Å². The molecule has 1 saturated carbocycles. The van der Waals surface area contributed by atoms with Crippen molar-refractivity contribution in [3.8, 4) is 0 Å². The second-order valence-electron chi connectivity index (χ2n) is 4.55. The van der Waals surface area contributed by atoms with Crippen molar-refractivity contribution in [1.82, 2.24) is 14.8 Å². The Hall–Kier alpha value is -1.36. The summed E-state index contributed by atoms with van der Waals surface area (Å²) in [6.07, 6.45) is 2.43. The lowest BCUT2D eigenvalue weighted by molar-refractivity contribution is 0.626. The molecule has 0 saturated heterocycles. The van der Waals surface area contributed by atoms with Crippen LogP contribution in [-0.2, 0) is 5.75 Å². The van der Waals surface area contributed by atoms with Gasteiger partial charge >= 0.3 is 0 Å². The zero-order valence-corrected chi connectivity index (χ0v) is 11.0. The molecule has 18 heavy (non-hydrogen) atoms. The minimum atomic E-state index is -0.187. The van der Waals surface area contributed by atoms with Gasteiger partial charge in [0.15, 0.2) is 5.16 Å². The molecular weight excluding hydrogens is 249 g/mol. The summed E-state index contributed by atoms with van der Waals surface area (Å²) in [6, 6.07) is 7.28. The highest BCUT2D eigenvalue weighted by Crippen LogP contribution is 2.39. The fourth-order valence-electron chi connectivity index (χ4n) is 1.98. The number of hydrogen-bond acceptors (Lipinski definition) is 3. The lowest BCUT2D eigenvalue weighted by Gasteiger charge is -2.06. The molecule has 0 atom stereocenters. The molecule has 0 unspecified atom stereocenters. The van der Waals surface area contributed by atoms with E-state index in [4.69, 9.17) is 0 Å². The first-order valence-electron chi connectivity index (χ1n) is 6.03. The van der Waals surface area contributed by atoms with E-state index in [2.05, 4.69) is 14.8 Å². The summed E-state index contributed by atoms with van der Waals surface area (Å²) in [4.78, 5) is 0. The van der Waals surface area contributed by atoms with Crippen molar-refractivity contribution >= 4 is 11.8 Å². The first kappa shape index (κ1) is 11.7. The van der Waals surface area contributed by atoms with Crippen molar-refractivity contribution in [3.63, 3.8) is 0 Å². The molecule has 1 aliphatic carbocycles. The van der Waals surface area contributed by atoms with Crippen LogP contribution in [0.2, 0.25) is 0 Å². The van der Waals surface area contributed by atoms with Crippen molar-refractivity contribution in [2.75, 3.05) is 0 Å². The number of hydrogen-bond donors (Lipinski definition) is 0. The number of halogens is 1. The molecule has 0 N–H and O–H groups in total. The average molecular weight is 263 g/mol. The summed E-state index contributed by atoms with van der Waals surface area (Å²) < 4.78 is 15.3. The number of rotatable bonds is 4. The van der Waals surface area contributed by atoms with E-state index in [0.29, 0.717) is 6.04 Å². The molecule has 1 aliphatic rings. The minimum absolute atomic E-state index is 0.187. The van der Waals surface area contributed by atoms with Crippen molar-refractivity contribution in [1.29, 1.82) is 0 Å². The van der Waals surface area contributed by atoms with Gasteiger partial charge in [-0.3, -0.25) is 0 Å². The van der Waals surface area contributed by atoms with E-state index in [1.807, 2.05) is 13.0 Å². The molecule has 3 nitrogen and oxygen atoms in total. The van der Waals surface area contributed by atoms with Crippen LogP contribution < -0.4 is 0 Å². The van der Waals surface area contributed by atoms with Crippen molar-refractivity contribution in [2.45, 2.75) is 36.7 Å². The van der Waals surface area contributed by atoms with Crippen LogP contribution in [0.3, 0.4) is 0 Å². The molecule has 0 bridgehead atoms. The second-order valence-corrected chi connectivity index (χ2v) is 5.49. The van der Waals surface area contributed by atoms with Crippen molar-refractivity contribution in [3.05, 3.63) is 41.5 Å². The molecule has 0 spiro atoms. The molecule has 1 aromatic carbocycles. The number of nitrogens with zero attached hydrogens (tertiary/aromatic N) is 3. The Morgan fingerprint density at radius 3 is 2.94 bits per heavy atom.